The minimum atomic E-state index is -3.85. The summed E-state index contributed by atoms with van der Waals surface area (Å²) in [5.41, 5.74) is 4.05. The summed E-state index contributed by atoms with van der Waals surface area (Å²) in [5.74, 6) is -0.422. The minimum absolute atomic E-state index is 0.0944. The van der Waals surface area contributed by atoms with Gasteiger partial charge in [0, 0.05) is 27.8 Å². The predicted molar refractivity (Wildman–Crippen MR) is 162 cm³/mol. The second-order valence-electron chi connectivity index (χ2n) is 10.3. The number of amides is 1. The molecule has 0 unspecified atom stereocenters. The average molecular weight is 594 g/mol. The molecule has 3 N–H and O–H groups in total. The molecule has 3 aromatic carbocycles. The Kier molecular flexibility index (Phi) is 7.35. The summed E-state index contributed by atoms with van der Waals surface area (Å²) in [6, 6.07) is 24.3. The summed E-state index contributed by atoms with van der Waals surface area (Å²) < 4.78 is 29.1. The first-order chi connectivity index (χ1) is 18.9. The number of aromatic amines is 1. The van der Waals surface area contributed by atoms with Crippen LogP contribution in [0.2, 0.25) is 10.3 Å². The summed E-state index contributed by atoms with van der Waals surface area (Å²) in [7, 11) is -3.85. The van der Waals surface area contributed by atoms with Crippen LogP contribution in [0.1, 0.15) is 36.8 Å². The molecule has 5 rings (SSSR count). The Balaban J connectivity index is 1.53. The van der Waals surface area contributed by atoms with Gasteiger partial charge in [-0.2, -0.15) is 0 Å². The van der Waals surface area contributed by atoms with E-state index in [4.69, 9.17) is 23.2 Å². The molecule has 5 aromatic rings. The topological polar surface area (TPSA) is 104 Å². The van der Waals surface area contributed by atoms with Crippen LogP contribution in [-0.4, -0.2) is 24.3 Å². The lowest BCUT2D eigenvalue weighted by molar-refractivity contribution is 0.102. The highest BCUT2D eigenvalue weighted by atomic mass is 35.5. The van der Waals surface area contributed by atoms with Crippen molar-refractivity contribution in [2.75, 3.05) is 10.0 Å². The van der Waals surface area contributed by atoms with Gasteiger partial charge in [-0.25, -0.2) is 13.4 Å². The highest BCUT2D eigenvalue weighted by Crippen LogP contribution is 2.35. The molecule has 7 nitrogen and oxygen atoms in total. The van der Waals surface area contributed by atoms with Gasteiger partial charge in [-0.3, -0.25) is 9.52 Å². The number of benzene rings is 3. The van der Waals surface area contributed by atoms with Gasteiger partial charge in [0.2, 0.25) is 0 Å². The average Bonchev–Trinajstić information content (AvgIpc) is 3.27. The van der Waals surface area contributed by atoms with Crippen molar-refractivity contribution in [3.63, 3.8) is 0 Å². The zero-order chi connectivity index (χ0) is 28.7. The number of aromatic nitrogens is 2. The highest BCUT2D eigenvalue weighted by molar-refractivity contribution is 7.92. The Labute approximate surface area is 242 Å². The number of hydrogen-bond acceptors (Lipinski definition) is 4. The van der Waals surface area contributed by atoms with Crippen molar-refractivity contribution in [1.82, 2.24) is 9.97 Å². The van der Waals surface area contributed by atoms with Gasteiger partial charge >= 0.3 is 0 Å². The largest absolute Gasteiger partial charge is 0.350 e. The lowest BCUT2D eigenvalue weighted by atomic mass is 9.87. The fraction of sp³-hybridized carbons (Fsp3) is 0.133. The summed E-state index contributed by atoms with van der Waals surface area (Å²) in [6.45, 7) is 6.21. The van der Waals surface area contributed by atoms with Crippen molar-refractivity contribution in [3.8, 4) is 11.1 Å². The van der Waals surface area contributed by atoms with E-state index in [2.05, 4.69) is 40.8 Å². The Morgan fingerprint density at radius 3 is 2.12 bits per heavy atom. The number of anilines is 2. The van der Waals surface area contributed by atoms with E-state index >= 15 is 0 Å². The number of pyridine rings is 1. The third kappa shape index (κ3) is 5.84. The van der Waals surface area contributed by atoms with Crippen LogP contribution in [0.15, 0.2) is 89.8 Å². The van der Waals surface area contributed by atoms with Crippen LogP contribution >= 0.6 is 23.2 Å². The van der Waals surface area contributed by atoms with Crippen molar-refractivity contribution in [3.05, 3.63) is 106 Å². The zero-order valence-electron chi connectivity index (χ0n) is 21.9. The van der Waals surface area contributed by atoms with Gasteiger partial charge in [0.05, 0.1) is 4.90 Å². The molecule has 0 aliphatic heterocycles. The van der Waals surface area contributed by atoms with Crippen LogP contribution in [0.4, 0.5) is 11.4 Å². The van der Waals surface area contributed by atoms with Crippen molar-refractivity contribution in [1.29, 1.82) is 0 Å². The molecule has 0 saturated heterocycles. The Morgan fingerprint density at radius 2 is 1.50 bits per heavy atom. The van der Waals surface area contributed by atoms with E-state index in [1.54, 1.807) is 30.3 Å². The molecule has 2 aromatic heterocycles. The zero-order valence-corrected chi connectivity index (χ0v) is 24.2. The maximum Gasteiger partial charge on any atom is 0.272 e. The molecular weight excluding hydrogens is 567 g/mol. The Morgan fingerprint density at radius 1 is 0.850 bits per heavy atom. The summed E-state index contributed by atoms with van der Waals surface area (Å²) in [4.78, 5) is 20.7. The van der Waals surface area contributed by atoms with Crippen LogP contribution < -0.4 is 10.0 Å². The Hall–Kier alpha value is -3.85. The number of sulfonamides is 1. The molecule has 0 aliphatic carbocycles. The fourth-order valence-corrected chi connectivity index (χ4v) is 5.92. The van der Waals surface area contributed by atoms with Gasteiger partial charge in [0.1, 0.15) is 16.0 Å². The van der Waals surface area contributed by atoms with Crippen molar-refractivity contribution >= 4 is 61.4 Å². The van der Waals surface area contributed by atoms with E-state index in [9.17, 15) is 13.2 Å². The highest BCUT2D eigenvalue weighted by Gasteiger charge is 2.22. The van der Waals surface area contributed by atoms with E-state index in [-0.39, 0.29) is 20.6 Å². The fourth-order valence-electron chi connectivity index (χ4n) is 4.41. The lowest BCUT2D eigenvalue weighted by Gasteiger charge is -2.19. The summed E-state index contributed by atoms with van der Waals surface area (Å²) >= 11 is 12.0. The van der Waals surface area contributed by atoms with Crippen molar-refractivity contribution < 1.29 is 13.2 Å². The normalized spacial score (nSPS) is 11.9. The van der Waals surface area contributed by atoms with Gasteiger partial charge in [-0.15, -0.1) is 0 Å². The Bertz CT molecular complexity index is 1810. The molecule has 0 bridgehead atoms. The molecular formula is C30H26Cl2N4O3S. The van der Waals surface area contributed by atoms with Crippen molar-refractivity contribution in [2.45, 2.75) is 31.1 Å². The van der Waals surface area contributed by atoms with Gasteiger partial charge in [-0.05, 0) is 59.0 Å². The van der Waals surface area contributed by atoms with E-state index in [1.807, 2.05) is 42.5 Å². The van der Waals surface area contributed by atoms with Crippen LogP contribution in [0, 0.1) is 0 Å². The number of carbonyl (C=O) groups excluding carboxylic acids is 1. The number of H-pyrrole nitrogens is 1. The molecule has 1 amide bonds. The molecule has 2 heterocycles. The molecule has 0 aliphatic rings. The SMILES string of the molecule is CC(C)(C)c1ccc(S(=O)(=O)Nc2ccc3[nH]c(C(=O)Nc4cc(Cl)nc(Cl)c4)c(-c4ccccc4)c3c2)cc1. The van der Waals surface area contributed by atoms with Crippen LogP contribution in [0.5, 0.6) is 0 Å². The van der Waals surface area contributed by atoms with E-state index in [0.717, 1.165) is 11.1 Å². The third-order valence-electron chi connectivity index (χ3n) is 6.39. The van der Waals surface area contributed by atoms with Gasteiger partial charge < -0.3 is 10.3 Å². The maximum absolute atomic E-state index is 13.4. The van der Waals surface area contributed by atoms with E-state index < -0.39 is 15.9 Å². The van der Waals surface area contributed by atoms with Crippen LogP contribution in [0.3, 0.4) is 0 Å². The maximum atomic E-state index is 13.4. The predicted octanol–water partition coefficient (Wildman–Crippen LogP) is 7.89. The molecule has 204 valence electrons. The smallest absolute Gasteiger partial charge is 0.272 e. The van der Waals surface area contributed by atoms with Crippen molar-refractivity contribution in [2.24, 2.45) is 0 Å². The summed E-state index contributed by atoms with van der Waals surface area (Å²) in [5, 5.41) is 3.77. The van der Waals surface area contributed by atoms with E-state index in [1.165, 1.54) is 12.1 Å². The molecule has 0 saturated carbocycles. The molecule has 0 fully saturated rings. The quantitative estimate of drug-likeness (QED) is 0.174. The number of nitrogens with zero attached hydrogens (tertiary/aromatic N) is 1. The van der Waals surface area contributed by atoms with E-state index in [0.29, 0.717) is 33.5 Å². The first kappa shape index (κ1) is 27.7. The minimum Gasteiger partial charge on any atom is -0.350 e. The number of hydrogen-bond donors (Lipinski definition) is 3. The standard InChI is InChI=1S/C30H26Cl2N4O3S/c1-30(2,3)19-9-12-22(13-10-19)40(38,39)36-20-11-14-24-23(15-20)27(18-7-5-4-6-8-18)28(34-24)29(37)33-21-16-25(31)35-26(32)17-21/h4-17,34,36H,1-3H3,(H,33,35,37). The number of fused-ring (bicyclic) bond motifs is 1. The summed E-state index contributed by atoms with van der Waals surface area (Å²) in [6.07, 6.45) is 0. The molecule has 40 heavy (non-hydrogen) atoms. The molecule has 0 atom stereocenters. The first-order valence-corrected chi connectivity index (χ1v) is 14.6. The van der Waals surface area contributed by atoms with Gasteiger partial charge in [-0.1, -0.05) is 86.4 Å². The van der Waals surface area contributed by atoms with Gasteiger partial charge in [0.25, 0.3) is 15.9 Å². The second kappa shape index (κ2) is 10.6. The number of carbonyl (C=O) groups is 1. The third-order valence-corrected chi connectivity index (χ3v) is 8.18. The number of nitrogens with one attached hydrogen (secondary N) is 3. The van der Waals surface area contributed by atoms with Gasteiger partial charge in [0.15, 0.2) is 0 Å². The van der Waals surface area contributed by atoms with Crippen LogP contribution in [-0.2, 0) is 15.4 Å². The monoisotopic (exact) mass is 592 g/mol. The molecule has 0 radical (unpaired) electrons. The van der Waals surface area contributed by atoms with Crippen LogP contribution in [0.25, 0.3) is 22.0 Å². The lowest BCUT2D eigenvalue weighted by Crippen LogP contribution is -2.14. The molecule has 0 spiro atoms. The molecule has 10 heteroatoms. The number of rotatable bonds is 6. The number of halogens is 2. The first-order valence-electron chi connectivity index (χ1n) is 12.4. The second-order valence-corrected chi connectivity index (χ2v) is 12.8.